The van der Waals surface area contributed by atoms with Crippen molar-refractivity contribution in [3.8, 4) is 5.75 Å². The highest BCUT2D eigenvalue weighted by Crippen LogP contribution is 2.49. The monoisotopic (exact) mass is 646 g/mol. The predicted molar refractivity (Wildman–Crippen MR) is 160 cm³/mol. The highest BCUT2D eigenvalue weighted by atomic mass is 28.4. The third kappa shape index (κ3) is 8.97. The Kier molecular flexibility index (Phi) is 11.8. The number of alkyl halides is 3. The summed E-state index contributed by atoms with van der Waals surface area (Å²) in [5.41, 5.74) is -0.783. The zero-order valence-electron chi connectivity index (χ0n) is 26.4. The Morgan fingerprint density at radius 3 is 2.41 bits per heavy atom. The minimum Gasteiger partial charge on any atom is -0.491 e. The van der Waals surface area contributed by atoms with E-state index in [9.17, 15) is 28.2 Å². The van der Waals surface area contributed by atoms with Crippen LogP contribution in [0.25, 0.3) is 0 Å². The van der Waals surface area contributed by atoms with E-state index >= 15 is 0 Å². The van der Waals surface area contributed by atoms with Gasteiger partial charge >= 0.3 is 12.1 Å². The van der Waals surface area contributed by atoms with Gasteiger partial charge in [0.15, 0.2) is 8.32 Å². The molecule has 3 fully saturated rings. The number of epoxide rings is 2. The van der Waals surface area contributed by atoms with Gasteiger partial charge in [0, 0.05) is 12.3 Å². The lowest BCUT2D eigenvalue weighted by molar-refractivity contribution is -0.147. The molecule has 250 valence electrons. The Balaban J connectivity index is 1.39. The summed E-state index contributed by atoms with van der Waals surface area (Å²) in [6.07, 6.45) is -4.93. The van der Waals surface area contributed by atoms with Crippen molar-refractivity contribution in [1.29, 1.82) is 0 Å². The van der Waals surface area contributed by atoms with Gasteiger partial charge in [-0.1, -0.05) is 26.8 Å². The van der Waals surface area contributed by atoms with E-state index in [0.29, 0.717) is 19.3 Å². The van der Waals surface area contributed by atoms with Crippen molar-refractivity contribution < 1.29 is 51.6 Å². The Labute approximate surface area is 259 Å². The molecule has 1 aromatic rings. The minimum absolute atomic E-state index is 0.00517. The summed E-state index contributed by atoms with van der Waals surface area (Å²) in [4.78, 5) is 11.8. The summed E-state index contributed by atoms with van der Waals surface area (Å²) >= 11 is 0. The van der Waals surface area contributed by atoms with Crippen molar-refractivity contribution in [3.05, 3.63) is 29.8 Å². The van der Waals surface area contributed by atoms with E-state index in [4.69, 9.17) is 23.4 Å². The number of benzene rings is 1. The molecule has 3 unspecified atom stereocenters. The summed E-state index contributed by atoms with van der Waals surface area (Å²) in [6, 6.07) is 7.43. The van der Waals surface area contributed by atoms with Crippen molar-refractivity contribution in [3.63, 3.8) is 0 Å². The third-order valence-corrected chi connectivity index (χ3v) is 14.2. The summed E-state index contributed by atoms with van der Waals surface area (Å²) in [6.45, 7) is 9.94. The lowest BCUT2D eigenvalue weighted by atomic mass is 9.84. The van der Waals surface area contributed by atoms with Crippen LogP contribution < -0.4 is 4.74 Å². The van der Waals surface area contributed by atoms with Gasteiger partial charge in [-0.05, 0) is 81.8 Å². The zero-order chi connectivity index (χ0) is 32.2. The molecular formula is C32H49F3O8Si. The lowest BCUT2D eigenvalue weighted by Crippen LogP contribution is -2.45. The van der Waals surface area contributed by atoms with Gasteiger partial charge in [0.25, 0.3) is 0 Å². The molecule has 0 bridgehead atoms. The Morgan fingerprint density at radius 1 is 1.07 bits per heavy atom. The van der Waals surface area contributed by atoms with Crippen LogP contribution in [0.2, 0.25) is 18.1 Å². The second-order valence-corrected chi connectivity index (χ2v) is 17.5. The number of aliphatic hydroxyl groups is 2. The molecule has 1 aliphatic carbocycles. The number of aliphatic hydroxyl groups excluding tert-OH is 2. The van der Waals surface area contributed by atoms with Gasteiger partial charge in [-0.25, -0.2) is 0 Å². The summed E-state index contributed by atoms with van der Waals surface area (Å²) in [7, 11) is -2.16. The molecule has 2 aliphatic heterocycles. The van der Waals surface area contributed by atoms with Gasteiger partial charge < -0.3 is 33.6 Å². The van der Waals surface area contributed by atoms with Crippen molar-refractivity contribution in [2.45, 2.75) is 140 Å². The van der Waals surface area contributed by atoms with Gasteiger partial charge in [0.1, 0.15) is 24.6 Å². The van der Waals surface area contributed by atoms with Crippen molar-refractivity contribution in [2.75, 3.05) is 6.61 Å². The standard InChI is InChI=1S/C32H49F3O8Si/c1-6-44(7-2,8-3)43-27(18-39-21-12-9-11-20(15-21)32(33,34)35)30-31(42-30)29-22(23(36)17-24(29)37)16-26-25(41-26)13-10-14-28(38)40-19(4)5/h9,11-12,15,19,22-27,29-31,36-37H,6-8,10,13-14,16-18H2,1-5H3/t22-,23-,24+,25?,26?,27-,29+,30?,31+/m0/s1. The summed E-state index contributed by atoms with van der Waals surface area (Å²) in [5.74, 6) is -0.692. The molecule has 1 saturated carbocycles. The van der Waals surface area contributed by atoms with Gasteiger partial charge in [0.2, 0.25) is 0 Å². The molecule has 2 saturated heterocycles. The summed E-state index contributed by atoms with van der Waals surface area (Å²) < 4.78 is 69.7. The number of ether oxygens (including phenoxy) is 4. The quantitative estimate of drug-likeness (QED) is 0.123. The van der Waals surface area contributed by atoms with E-state index in [1.807, 2.05) is 13.8 Å². The number of rotatable bonds is 17. The van der Waals surface area contributed by atoms with E-state index in [0.717, 1.165) is 36.7 Å². The summed E-state index contributed by atoms with van der Waals surface area (Å²) in [5, 5.41) is 21.9. The molecule has 0 amide bonds. The normalized spacial score (nSPS) is 30.8. The lowest BCUT2D eigenvalue weighted by Gasteiger charge is -2.33. The van der Waals surface area contributed by atoms with E-state index in [1.54, 1.807) is 0 Å². The van der Waals surface area contributed by atoms with Gasteiger partial charge in [-0.3, -0.25) is 4.79 Å². The Hall–Kier alpha value is -1.70. The van der Waals surface area contributed by atoms with Gasteiger partial charge in [-0.15, -0.1) is 0 Å². The molecule has 4 rings (SSSR count). The number of carbonyl (C=O) groups excluding carboxylic acids is 1. The number of esters is 1. The largest absolute Gasteiger partial charge is 0.491 e. The van der Waals surface area contributed by atoms with Crippen LogP contribution in [-0.4, -0.2) is 79.9 Å². The van der Waals surface area contributed by atoms with Crippen LogP contribution in [0.4, 0.5) is 13.2 Å². The maximum Gasteiger partial charge on any atom is 0.416 e. The van der Waals surface area contributed by atoms with Gasteiger partial charge in [-0.2, -0.15) is 13.2 Å². The first-order valence-corrected chi connectivity index (χ1v) is 18.7. The van der Waals surface area contributed by atoms with Crippen LogP contribution in [0.3, 0.4) is 0 Å². The van der Waals surface area contributed by atoms with E-state index in [2.05, 4.69) is 20.8 Å². The minimum atomic E-state index is -4.48. The number of carbonyl (C=O) groups is 1. The molecular weight excluding hydrogens is 597 g/mol. The number of hydrogen-bond donors (Lipinski definition) is 2. The van der Waals surface area contributed by atoms with Crippen LogP contribution in [-0.2, 0) is 29.6 Å². The molecule has 8 nitrogen and oxygen atoms in total. The average molecular weight is 647 g/mol. The molecule has 0 radical (unpaired) electrons. The Bertz CT molecular complexity index is 1080. The molecule has 3 aliphatic rings. The fourth-order valence-electron chi connectivity index (χ4n) is 6.78. The van der Waals surface area contributed by atoms with E-state index < -0.39 is 44.5 Å². The van der Waals surface area contributed by atoms with Gasteiger partial charge in [0.05, 0.1) is 42.2 Å². The average Bonchev–Trinajstić information content (AvgIpc) is 3.88. The fourth-order valence-corrected chi connectivity index (χ4v) is 9.62. The topological polar surface area (TPSA) is 110 Å². The molecule has 0 aromatic heterocycles. The molecule has 9 atom stereocenters. The number of halogens is 3. The first kappa shape index (κ1) is 35.2. The molecule has 1 aromatic carbocycles. The predicted octanol–water partition coefficient (Wildman–Crippen LogP) is 5.88. The van der Waals surface area contributed by atoms with Crippen molar-refractivity contribution in [1.82, 2.24) is 0 Å². The third-order valence-electron chi connectivity index (χ3n) is 9.56. The van der Waals surface area contributed by atoms with Crippen LogP contribution in [0.1, 0.15) is 72.3 Å². The van der Waals surface area contributed by atoms with E-state index in [1.165, 1.54) is 12.1 Å². The highest BCUT2D eigenvalue weighted by Gasteiger charge is 2.60. The molecule has 2 N–H and O–H groups in total. The molecule has 0 spiro atoms. The SMILES string of the molecule is CC[Si](CC)(CC)O[C@@H](COc1cccc(C(F)(F)F)c1)C1O[C@@H]1[C@@H]1[C@@H](CC2OC2CCCC(=O)OC(C)C)[C@@H](O)C[C@H]1O. The van der Waals surface area contributed by atoms with Crippen molar-refractivity contribution in [2.24, 2.45) is 11.8 Å². The maximum absolute atomic E-state index is 13.3. The van der Waals surface area contributed by atoms with Crippen LogP contribution in [0.5, 0.6) is 5.75 Å². The second-order valence-electron chi connectivity index (χ2n) is 12.8. The molecule has 2 heterocycles. The number of hydrogen-bond acceptors (Lipinski definition) is 8. The zero-order valence-corrected chi connectivity index (χ0v) is 27.4. The second kappa shape index (κ2) is 14.8. The highest BCUT2D eigenvalue weighted by molar-refractivity contribution is 6.73. The first-order valence-electron chi connectivity index (χ1n) is 16.1. The maximum atomic E-state index is 13.3. The first-order chi connectivity index (χ1) is 20.8. The van der Waals surface area contributed by atoms with Crippen LogP contribution in [0, 0.1) is 11.8 Å². The Morgan fingerprint density at radius 2 is 1.77 bits per heavy atom. The van der Waals surface area contributed by atoms with Crippen LogP contribution in [0.15, 0.2) is 24.3 Å². The molecule has 44 heavy (non-hydrogen) atoms. The molecule has 12 heteroatoms. The van der Waals surface area contributed by atoms with E-state index in [-0.39, 0.29) is 61.0 Å². The van der Waals surface area contributed by atoms with Crippen LogP contribution >= 0.6 is 0 Å². The smallest absolute Gasteiger partial charge is 0.416 e. The fraction of sp³-hybridized carbons (Fsp3) is 0.781. The van der Waals surface area contributed by atoms with Crippen molar-refractivity contribution >= 4 is 14.3 Å².